The number of likely N-dealkylation sites (tertiary alicyclic amines) is 1. The molecule has 2 aliphatic heterocycles. The molecule has 134 valence electrons. The highest BCUT2D eigenvalue weighted by Gasteiger charge is 2.33. The lowest BCUT2D eigenvalue weighted by atomic mass is 9.94. The maximum Gasteiger partial charge on any atom is 0.239 e. The molecule has 1 amide bonds. The molecule has 2 heterocycles. The van der Waals surface area contributed by atoms with Crippen LogP contribution in [0.5, 0.6) is 0 Å². The van der Waals surface area contributed by atoms with Gasteiger partial charge in [0.25, 0.3) is 0 Å². The fraction of sp³-hybridized carbons (Fsp3) is 0.938. The predicted octanol–water partition coefficient (Wildman–Crippen LogP) is 0.893. The van der Waals surface area contributed by atoms with Gasteiger partial charge in [0.1, 0.15) is 0 Å². The van der Waals surface area contributed by atoms with Gasteiger partial charge in [-0.2, -0.15) is 0 Å². The average Bonchev–Trinajstić information content (AvgIpc) is 2.48. The van der Waals surface area contributed by atoms with Crippen LogP contribution in [0, 0.1) is 11.8 Å². The average molecular weight is 346 g/mol. The van der Waals surface area contributed by atoms with Gasteiger partial charge in [0.2, 0.25) is 15.9 Å². The minimum absolute atomic E-state index is 0.176. The van der Waals surface area contributed by atoms with Crippen molar-refractivity contribution in [1.82, 2.24) is 14.5 Å². The first kappa shape index (κ1) is 18.7. The lowest BCUT2D eigenvalue weighted by Gasteiger charge is -2.38. The third-order valence-corrected chi connectivity index (χ3v) is 6.54. The van der Waals surface area contributed by atoms with Gasteiger partial charge in [-0.1, -0.05) is 13.8 Å². The Morgan fingerprint density at radius 2 is 1.74 bits per heavy atom. The summed E-state index contributed by atoms with van der Waals surface area (Å²) in [6, 6.07) is -0.0173. The molecule has 2 saturated heterocycles. The fourth-order valence-electron chi connectivity index (χ4n) is 3.55. The van der Waals surface area contributed by atoms with E-state index in [-0.39, 0.29) is 23.9 Å². The van der Waals surface area contributed by atoms with E-state index >= 15 is 0 Å². The van der Waals surface area contributed by atoms with Crippen molar-refractivity contribution in [2.75, 3.05) is 32.4 Å². The molecule has 3 atom stereocenters. The van der Waals surface area contributed by atoms with Crippen LogP contribution in [0.25, 0.3) is 0 Å². The second-order valence-corrected chi connectivity index (χ2v) is 9.37. The van der Waals surface area contributed by atoms with Crippen molar-refractivity contribution < 1.29 is 13.2 Å². The van der Waals surface area contributed by atoms with Gasteiger partial charge in [-0.25, -0.2) is 12.7 Å². The van der Waals surface area contributed by atoms with Crippen molar-refractivity contribution >= 4 is 15.9 Å². The van der Waals surface area contributed by atoms with Gasteiger partial charge >= 0.3 is 0 Å². The molecule has 7 heteroatoms. The molecule has 23 heavy (non-hydrogen) atoms. The zero-order chi connectivity index (χ0) is 17.2. The van der Waals surface area contributed by atoms with Crippen molar-refractivity contribution in [1.29, 1.82) is 0 Å². The van der Waals surface area contributed by atoms with Crippen molar-refractivity contribution in [2.24, 2.45) is 11.8 Å². The predicted molar refractivity (Wildman–Crippen MR) is 91.6 cm³/mol. The van der Waals surface area contributed by atoms with E-state index in [4.69, 9.17) is 0 Å². The van der Waals surface area contributed by atoms with Crippen LogP contribution in [0.1, 0.15) is 40.0 Å². The number of amides is 1. The second kappa shape index (κ2) is 7.49. The van der Waals surface area contributed by atoms with Crippen LogP contribution in [0.3, 0.4) is 0 Å². The zero-order valence-electron chi connectivity index (χ0n) is 14.8. The summed E-state index contributed by atoms with van der Waals surface area (Å²) >= 11 is 0. The van der Waals surface area contributed by atoms with Gasteiger partial charge in [0, 0.05) is 32.2 Å². The van der Waals surface area contributed by atoms with E-state index in [9.17, 15) is 13.2 Å². The quantitative estimate of drug-likeness (QED) is 0.822. The van der Waals surface area contributed by atoms with Gasteiger partial charge in [-0.3, -0.25) is 4.79 Å². The summed E-state index contributed by atoms with van der Waals surface area (Å²) in [5.41, 5.74) is 0. The van der Waals surface area contributed by atoms with Gasteiger partial charge in [0.15, 0.2) is 0 Å². The van der Waals surface area contributed by atoms with Crippen molar-refractivity contribution in [3.8, 4) is 0 Å². The molecule has 2 fully saturated rings. The molecule has 0 aliphatic carbocycles. The van der Waals surface area contributed by atoms with Gasteiger partial charge in [-0.15, -0.1) is 0 Å². The van der Waals surface area contributed by atoms with Gasteiger partial charge in [0.05, 0.1) is 12.3 Å². The molecule has 0 aromatic heterocycles. The molecule has 2 aliphatic rings. The number of rotatable bonds is 4. The second-order valence-electron chi connectivity index (χ2n) is 7.39. The molecular weight excluding hydrogens is 314 g/mol. The summed E-state index contributed by atoms with van der Waals surface area (Å²) in [6.07, 6.45) is 4.18. The summed E-state index contributed by atoms with van der Waals surface area (Å²) in [6.45, 7) is 8.98. The maximum absolute atomic E-state index is 12.6. The zero-order valence-corrected chi connectivity index (χ0v) is 15.6. The summed E-state index contributed by atoms with van der Waals surface area (Å²) < 4.78 is 24.8. The maximum atomic E-state index is 12.6. The Labute approximate surface area is 140 Å². The first-order valence-electron chi connectivity index (χ1n) is 8.68. The Bertz CT molecular complexity index is 515. The van der Waals surface area contributed by atoms with Crippen LogP contribution in [-0.2, 0) is 14.8 Å². The highest BCUT2D eigenvalue weighted by Crippen LogP contribution is 2.21. The summed E-state index contributed by atoms with van der Waals surface area (Å²) in [7, 11) is -3.12. The van der Waals surface area contributed by atoms with Crippen LogP contribution in [0.4, 0.5) is 0 Å². The van der Waals surface area contributed by atoms with Crippen LogP contribution in [0.15, 0.2) is 0 Å². The van der Waals surface area contributed by atoms with Crippen molar-refractivity contribution in [3.63, 3.8) is 0 Å². The topological polar surface area (TPSA) is 69.7 Å². The molecule has 0 aromatic rings. The fourth-order valence-corrected chi connectivity index (χ4v) is 4.49. The SMILES string of the molecule is CC1CCN(C(=O)C(C)NC2CCN(S(C)(=O)=O)CC2C)CC1. The molecule has 3 unspecified atom stereocenters. The Morgan fingerprint density at radius 3 is 2.26 bits per heavy atom. The first-order valence-corrected chi connectivity index (χ1v) is 10.5. The number of nitrogens with zero attached hydrogens (tertiary/aromatic N) is 2. The van der Waals surface area contributed by atoms with E-state index < -0.39 is 10.0 Å². The molecular formula is C16H31N3O3S. The number of carbonyl (C=O) groups excluding carboxylic acids is 1. The Morgan fingerprint density at radius 1 is 1.13 bits per heavy atom. The molecule has 0 bridgehead atoms. The molecule has 2 rings (SSSR count). The van der Waals surface area contributed by atoms with Crippen LogP contribution in [-0.4, -0.2) is 68.0 Å². The standard InChI is InChI=1S/C16H31N3O3S/c1-12-5-8-18(9-6-12)16(20)14(3)17-15-7-10-19(11-13(15)2)23(4,21)22/h12-15,17H,5-11H2,1-4H3. The summed E-state index contributed by atoms with van der Waals surface area (Å²) in [5, 5.41) is 3.44. The number of hydrogen-bond donors (Lipinski definition) is 1. The minimum atomic E-state index is -3.12. The van der Waals surface area contributed by atoms with Gasteiger partial charge in [-0.05, 0) is 38.0 Å². The number of carbonyl (C=O) groups is 1. The third-order valence-electron chi connectivity index (χ3n) is 5.27. The molecule has 6 nitrogen and oxygen atoms in total. The Kier molecular flexibility index (Phi) is 6.08. The van der Waals surface area contributed by atoms with E-state index in [2.05, 4.69) is 19.2 Å². The normalized spacial score (nSPS) is 29.5. The Balaban J connectivity index is 1.85. The lowest BCUT2D eigenvalue weighted by Crippen LogP contribution is -2.55. The van der Waals surface area contributed by atoms with Crippen molar-refractivity contribution in [2.45, 2.75) is 52.1 Å². The number of sulfonamides is 1. The molecule has 0 spiro atoms. The van der Waals surface area contributed by atoms with Crippen LogP contribution >= 0.6 is 0 Å². The first-order chi connectivity index (χ1) is 10.7. The molecule has 1 N–H and O–H groups in total. The number of nitrogens with one attached hydrogen (secondary N) is 1. The molecule has 0 radical (unpaired) electrons. The third kappa shape index (κ3) is 4.90. The van der Waals surface area contributed by atoms with Crippen LogP contribution < -0.4 is 5.32 Å². The van der Waals surface area contributed by atoms with E-state index in [0.29, 0.717) is 19.0 Å². The highest BCUT2D eigenvalue weighted by atomic mass is 32.2. The van der Waals surface area contributed by atoms with Crippen LogP contribution in [0.2, 0.25) is 0 Å². The highest BCUT2D eigenvalue weighted by molar-refractivity contribution is 7.88. The van der Waals surface area contributed by atoms with E-state index in [1.165, 1.54) is 10.6 Å². The van der Waals surface area contributed by atoms with E-state index in [0.717, 1.165) is 32.4 Å². The monoisotopic (exact) mass is 345 g/mol. The smallest absolute Gasteiger partial charge is 0.239 e. The summed E-state index contributed by atoms with van der Waals surface area (Å²) in [4.78, 5) is 14.5. The van der Waals surface area contributed by atoms with Crippen molar-refractivity contribution in [3.05, 3.63) is 0 Å². The van der Waals surface area contributed by atoms with Gasteiger partial charge < -0.3 is 10.2 Å². The minimum Gasteiger partial charge on any atom is -0.341 e. The number of hydrogen-bond acceptors (Lipinski definition) is 4. The lowest BCUT2D eigenvalue weighted by molar-refractivity contribution is -0.134. The Hall–Kier alpha value is -0.660. The van der Waals surface area contributed by atoms with E-state index in [1.807, 2.05) is 11.8 Å². The molecule has 0 saturated carbocycles. The van der Waals surface area contributed by atoms with E-state index in [1.54, 1.807) is 0 Å². The molecule has 0 aromatic carbocycles. The number of piperidine rings is 2. The largest absolute Gasteiger partial charge is 0.341 e. The summed E-state index contributed by atoms with van der Waals surface area (Å²) in [5.74, 6) is 1.09.